The molecule has 2 rings (SSSR count). The van der Waals surface area contributed by atoms with E-state index in [1.54, 1.807) is 0 Å². The predicted octanol–water partition coefficient (Wildman–Crippen LogP) is 6.77. The van der Waals surface area contributed by atoms with Crippen molar-refractivity contribution >= 4 is 37.2 Å². The first-order valence-corrected chi connectivity index (χ1v) is 13.5. The largest absolute Gasteiger partial charge is 0.325 e. The smallest absolute Gasteiger partial charge is 0 e. The molecule has 2 fully saturated rings. The van der Waals surface area contributed by atoms with Gasteiger partial charge >= 0.3 is 0 Å². The summed E-state index contributed by atoms with van der Waals surface area (Å²) in [7, 11) is 0. The van der Waals surface area contributed by atoms with E-state index in [2.05, 4.69) is 91.6 Å². The van der Waals surface area contributed by atoms with Gasteiger partial charge in [-0.05, 0) is 0 Å². The molecule has 21 heavy (non-hydrogen) atoms. The fourth-order valence-electron chi connectivity index (χ4n) is 2.75. The van der Waals surface area contributed by atoms with E-state index in [9.17, 15) is 0 Å². The van der Waals surface area contributed by atoms with Crippen LogP contribution in [0.3, 0.4) is 0 Å². The van der Waals surface area contributed by atoms with Crippen LogP contribution in [-0.4, -0.2) is 0 Å². The molecule has 2 saturated carbocycles. The fraction of sp³-hybridized carbons (Fsp3) is 0.875. The Kier molecular flexibility index (Phi) is 31.0. The van der Waals surface area contributed by atoms with Gasteiger partial charge in [-0.3, -0.25) is 0 Å². The Morgan fingerprint density at radius 1 is 0.619 bits per heavy atom. The minimum Gasteiger partial charge on any atom is -0.325 e. The topological polar surface area (TPSA) is 0 Å². The van der Waals surface area contributed by atoms with Crippen molar-refractivity contribution in [3.63, 3.8) is 0 Å². The molecule has 2 aliphatic carbocycles. The van der Waals surface area contributed by atoms with Crippen LogP contribution in [0.2, 0.25) is 0 Å². The van der Waals surface area contributed by atoms with Crippen LogP contribution < -0.4 is 0 Å². The molecule has 0 amide bonds. The minimum absolute atomic E-state index is 0. The Bertz CT molecular complexity index is 176. The molecule has 0 bridgehead atoms. The molecule has 0 spiro atoms. The second kappa shape index (κ2) is 19.5. The van der Waals surface area contributed by atoms with E-state index in [0.29, 0.717) is 0 Å². The summed E-state index contributed by atoms with van der Waals surface area (Å²) in [5, 5.41) is 0. The SMILES string of the molecule is CC1[CH-]C[C@@H](C)C1C.CC1[CH-]C[C@@H](C)C1C.II.[Y].[Y].[Y]. The molecule has 2 aliphatic rings. The molecule has 3 radical (unpaired) electrons. The predicted molar refractivity (Wildman–Crippen MR) is 101 cm³/mol. The van der Waals surface area contributed by atoms with Crippen LogP contribution in [0.4, 0.5) is 0 Å². The Hall–Kier alpha value is 4.77. The zero-order valence-corrected chi connectivity index (χ0v) is 27.4. The van der Waals surface area contributed by atoms with Gasteiger partial charge in [0, 0.05) is 135 Å². The summed E-state index contributed by atoms with van der Waals surface area (Å²) in [5.41, 5.74) is 0. The van der Waals surface area contributed by atoms with Gasteiger partial charge in [0.1, 0.15) is 0 Å². The van der Waals surface area contributed by atoms with Crippen LogP contribution in [0.1, 0.15) is 54.4 Å². The molecule has 6 atom stereocenters. The van der Waals surface area contributed by atoms with Gasteiger partial charge in [-0.1, -0.05) is 65.2 Å². The van der Waals surface area contributed by atoms with Crippen LogP contribution in [0, 0.1) is 48.3 Å². The zero-order chi connectivity index (χ0) is 14.3. The summed E-state index contributed by atoms with van der Waals surface area (Å²) < 4.78 is 0. The van der Waals surface area contributed by atoms with Crippen LogP contribution in [0.5, 0.6) is 0 Å². The van der Waals surface area contributed by atoms with Crippen molar-refractivity contribution in [3.05, 3.63) is 12.8 Å². The maximum absolute atomic E-state index is 2.44. The fourth-order valence-corrected chi connectivity index (χ4v) is 2.75. The first-order chi connectivity index (χ1) is 8.43. The van der Waals surface area contributed by atoms with E-state index >= 15 is 0 Å². The van der Waals surface area contributed by atoms with E-state index in [0.717, 1.165) is 35.5 Å². The van der Waals surface area contributed by atoms with Crippen LogP contribution in [0.25, 0.3) is 0 Å². The van der Waals surface area contributed by atoms with E-state index < -0.39 is 0 Å². The average molecular weight is 743 g/mol. The quantitative estimate of drug-likeness (QED) is 0.190. The maximum Gasteiger partial charge on any atom is 0 e. The van der Waals surface area contributed by atoms with Crippen molar-refractivity contribution in [3.8, 4) is 0 Å². The summed E-state index contributed by atoms with van der Waals surface area (Å²) in [4.78, 5) is 0. The summed E-state index contributed by atoms with van der Waals surface area (Å²) in [5.74, 6) is 5.45. The molecule has 0 N–H and O–H groups in total. The third-order valence-electron chi connectivity index (χ3n) is 5.21. The van der Waals surface area contributed by atoms with Gasteiger partial charge in [-0.25, -0.2) is 0 Å². The third kappa shape index (κ3) is 13.6. The van der Waals surface area contributed by atoms with E-state index in [-0.39, 0.29) is 98.1 Å². The van der Waals surface area contributed by atoms with Gasteiger partial charge in [-0.15, -0.1) is 0 Å². The first kappa shape index (κ1) is 33.4. The third-order valence-corrected chi connectivity index (χ3v) is 5.21. The maximum atomic E-state index is 2.44. The first-order valence-electron chi connectivity index (χ1n) is 7.24. The van der Waals surface area contributed by atoms with Crippen molar-refractivity contribution in [1.29, 1.82) is 0 Å². The van der Waals surface area contributed by atoms with Gasteiger partial charge < -0.3 is 12.8 Å². The molecule has 0 aromatic rings. The van der Waals surface area contributed by atoms with Gasteiger partial charge in [-0.2, -0.15) is 24.7 Å². The van der Waals surface area contributed by atoms with Gasteiger partial charge in [0.25, 0.3) is 0 Å². The zero-order valence-electron chi connectivity index (χ0n) is 14.5. The number of halogens is 2. The molecule has 0 aromatic carbocycles. The van der Waals surface area contributed by atoms with Gasteiger partial charge in [0.2, 0.25) is 0 Å². The molecule has 119 valence electrons. The minimum atomic E-state index is 0. The normalized spacial score (nSPS) is 36.6. The molecule has 0 nitrogen and oxygen atoms in total. The Morgan fingerprint density at radius 2 is 0.857 bits per heavy atom. The Labute approximate surface area is 233 Å². The summed E-state index contributed by atoms with van der Waals surface area (Å²) in [6.07, 6.45) is 7.55. The van der Waals surface area contributed by atoms with Crippen molar-refractivity contribution < 1.29 is 98.1 Å². The standard InChI is InChI=1S/2C8H15.I2.3Y/c2*1-6-4-5-7(2)8(6)3;1-2;;;/h2*4,6-8H,5H2,1-3H3;;;;/q2*-1;;;;/t2*6?,7-,8?;;;;/m11..../s1. The molecular formula is C16H30I2Y3-2. The van der Waals surface area contributed by atoms with Crippen molar-refractivity contribution in [2.75, 3.05) is 0 Å². The Morgan fingerprint density at radius 3 is 0.905 bits per heavy atom. The van der Waals surface area contributed by atoms with E-state index in [1.807, 2.05) is 0 Å². The molecule has 4 unspecified atom stereocenters. The summed E-state index contributed by atoms with van der Waals surface area (Å²) >= 11 is 4.24. The van der Waals surface area contributed by atoms with Gasteiger partial charge in [0.05, 0.1) is 0 Å². The molecule has 0 aromatic heterocycles. The van der Waals surface area contributed by atoms with Crippen molar-refractivity contribution in [2.45, 2.75) is 54.4 Å². The summed E-state index contributed by atoms with van der Waals surface area (Å²) in [6.45, 7) is 14.0. The molecular weight excluding hydrogens is 713 g/mol. The van der Waals surface area contributed by atoms with Crippen LogP contribution in [0.15, 0.2) is 0 Å². The second-order valence-corrected chi connectivity index (χ2v) is 6.33. The van der Waals surface area contributed by atoms with Crippen LogP contribution >= 0.6 is 37.2 Å². The molecule has 0 aliphatic heterocycles. The van der Waals surface area contributed by atoms with Gasteiger partial charge in [0.15, 0.2) is 0 Å². The number of rotatable bonds is 0. The van der Waals surface area contributed by atoms with Crippen molar-refractivity contribution in [2.24, 2.45) is 35.5 Å². The summed E-state index contributed by atoms with van der Waals surface area (Å²) in [6, 6.07) is 0. The molecule has 0 saturated heterocycles. The monoisotopic (exact) mass is 743 g/mol. The van der Waals surface area contributed by atoms with Crippen LogP contribution in [-0.2, 0) is 98.1 Å². The molecule has 5 heteroatoms. The number of hydrogen-bond donors (Lipinski definition) is 0. The van der Waals surface area contributed by atoms with E-state index in [1.165, 1.54) is 12.8 Å². The van der Waals surface area contributed by atoms with E-state index in [4.69, 9.17) is 0 Å². The molecule has 0 heterocycles. The Balaban J connectivity index is -0.000000109. The second-order valence-electron chi connectivity index (χ2n) is 6.33. The van der Waals surface area contributed by atoms with Crippen molar-refractivity contribution in [1.82, 2.24) is 0 Å². The average Bonchev–Trinajstić information content (AvgIpc) is 2.83. The number of hydrogen-bond acceptors (Lipinski definition) is 0.